The third kappa shape index (κ3) is 4.14. The summed E-state index contributed by atoms with van der Waals surface area (Å²) in [5.41, 5.74) is 0.0161. The SMILES string of the molecule is CCC(CC)N(CCOC)c1ncc(Br)cc1[N+](=O)[O-]. The van der Waals surface area contributed by atoms with E-state index >= 15 is 0 Å². The van der Waals surface area contributed by atoms with Crippen molar-refractivity contribution in [2.45, 2.75) is 32.7 Å². The molecule has 1 heterocycles. The average molecular weight is 346 g/mol. The fraction of sp³-hybridized carbons (Fsp3) is 0.615. The first-order valence-electron chi connectivity index (χ1n) is 6.60. The van der Waals surface area contributed by atoms with Gasteiger partial charge in [-0.3, -0.25) is 10.1 Å². The largest absolute Gasteiger partial charge is 0.383 e. The van der Waals surface area contributed by atoms with Gasteiger partial charge in [-0.05, 0) is 28.8 Å². The number of hydrogen-bond acceptors (Lipinski definition) is 5. The fourth-order valence-corrected chi connectivity index (χ4v) is 2.48. The monoisotopic (exact) mass is 345 g/mol. The second-order valence-corrected chi connectivity index (χ2v) is 5.33. The minimum atomic E-state index is -0.394. The summed E-state index contributed by atoms with van der Waals surface area (Å²) in [7, 11) is 1.62. The molecule has 0 saturated heterocycles. The van der Waals surface area contributed by atoms with Gasteiger partial charge in [0.25, 0.3) is 0 Å². The summed E-state index contributed by atoms with van der Waals surface area (Å²) in [6, 6.07) is 1.70. The third-order valence-corrected chi connectivity index (χ3v) is 3.64. The molecular formula is C13H20BrN3O3. The minimum absolute atomic E-state index is 0.0161. The van der Waals surface area contributed by atoms with E-state index < -0.39 is 4.92 Å². The summed E-state index contributed by atoms with van der Waals surface area (Å²) in [6.45, 7) is 5.22. The summed E-state index contributed by atoms with van der Waals surface area (Å²) < 4.78 is 5.71. The van der Waals surface area contributed by atoms with E-state index in [1.807, 2.05) is 4.90 Å². The van der Waals surface area contributed by atoms with Crippen molar-refractivity contribution < 1.29 is 9.66 Å². The van der Waals surface area contributed by atoms with Crippen molar-refractivity contribution in [3.8, 4) is 0 Å². The zero-order valence-electron chi connectivity index (χ0n) is 12.0. The smallest absolute Gasteiger partial charge is 0.312 e. The van der Waals surface area contributed by atoms with E-state index in [1.165, 1.54) is 6.07 Å². The molecule has 20 heavy (non-hydrogen) atoms. The Morgan fingerprint density at radius 1 is 1.50 bits per heavy atom. The number of ether oxygens (including phenoxy) is 1. The minimum Gasteiger partial charge on any atom is -0.383 e. The van der Waals surface area contributed by atoms with Gasteiger partial charge in [0.05, 0.1) is 11.5 Å². The summed E-state index contributed by atoms with van der Waals surface area (Å²) in [5, 5.41) is 11.2. The maximum atomic E-state index is 11.2. The topological polar surface area (TPSA) is 68.5 Å². The number of pyridine rings is 1. The molecule has 112 valence electrons. The van der Waals surface area contributed by atoms with Crippen LogP contribution >= 0.6 is 15.9 Å². The molecule has 1 aromatic heterocycles. The number of nitrogens with zero attached hydrogens (tertiary/aromatic N) is 3. The standard InChI is InChI=1S/C13H20BrN3O3/c1-4-11(5-2)16(6-7-20-3)13-12(17(18)19)8-10(14)9-15-13/h8-9,11H,4-7H2,1-3H3. The number of rotatable bonds is 8. The second-order valence-electron chi connectivity index (χ2n) is 4.41. The number of hydrogen-bond donors (Lipinski definition) is 0. The van der Waals surface area contributed by atoms with Crippen molar-refractivity contribution >= 4 is 27.4 Å². The van der Waals surface area contributed by atoms with Crippen LogP contribution in [-0.4, -0.2) is 36.2 Å². The quantitative estimate of drug-likeness (QED) is 0.533. The Morgan fingerprint density at radius 2 is 2.15 bits per heavy atom. The number of methoxy groups -OCH3 is 1. The molecule has 0 amide bonds. The Kier molecular flexibility index (Phi) is 6.87. The van der Waals surface area contributed by atoms with Crippen LogP contribution in [0.25, 0.3) is 0 Å². The van der Waals surface area contributed by atoms with Crippen LogP contribution in [0.15, 0.2) is 16.7 Å². The van der Waals surface area contributed by atoms with Gasteiger partial charge in [0.1, 0.15) is 0 Å². The Balaban J connectivity index is 3.21. The molecule has 0 aliphatic carbocycles. The molecule has 0 aliphatic rings. The molecule has 0 atom stereocenters. The van der Waals surface area contributed by atoms with Gasteiger partial charge in [0.15, 0.2) is 0 Å². The lowest BCUT2D eigenvalue weighted by Crippen LogP contribution is -2.38. The highest BCUT2D eigenvalue weighted by Crippen LogP contribution is 2.30. The molecule has 0 aliphatic heterocycles. The number of halogens is 1. The molecule has 0 N–H and O–H groups in total. The number of nitro groups is 1. The summed E-state index contributed by atoms with van der Waals surface area (Å²) >= 11 is 3.23. The van der Waals surface area contributed by atoms with Crippen LogP contribution in [0.4, 0.5) is 11.5 Å². The molecular weight excluding hydrogens is 326 g/mol. The Labute approximate surface area is 127 Å². The van der Waals surface area contributed by atoms with E-state index in [1.54, 1.807) is 13.3 Å². The predicted molar refractivity (Wildman–Crippen MR) is 82.2 cm³/mol. The summed E-state index contributed by atoms with van der Waals surface area (Å²) in [6.07, 6.45) is 3.38. The highest BCUT2D eigenvalue weighted by molar-refractivity contribution is 9.10. The van der Waals surface area contributed by atoms with Crippen LogP contribution in [0.5, 0.6) is 0 Å². The van der Waals surface area contributed by atoms with E-state index in [0.29, 0.717) is 23.4 Å². The van der Waals surface area contributed by atoms with Crippen molar-refractivity contribution in [3.05, 3.63) is 26.9 Å². The maximum absolute atomic E-state index is 11.2. The molecule has 6 nitrogen and oxygen atoms in total. The molecule has 0 unspecified atom stereocenters. The van der Waals surface area contributed by atoms with E-state index in [4.69, 9.17) is 4.74 Å². The van der Waals surface area contributed by atoms with E-state index in [9.17, 15) is 10.1 Å². The molecule has 0 radical (unpaired) electrons. The molecule has 0 fully saturated rings. The Bertz CT molecular complexity index is 452. The van der Waals surface area contributed by atoms with Crippen LogP contribution < -0.4 is 4.90 Å². The first kappa shape index (κ1) is 16.8. The van der Waals surface area contributed by atoms with Gasteiger partial charge in [0, 0.05) is 36.4 Å². The van der Waals surface area contributed by atoms with Crippen molar-refractivity contribution in [3.63, 3.8) is 0 Å². The van der Waals surface area contributed by atoms with Crippen LogP contribution in [0.3, 0.4) is 0 Å². The first-order valence-corrected chi connectivity index (χ1v) is 7.39. The predicted octanol–water partition coefficient (Wildman–Crippen LogP) is 3.39. The van der Waals surface area contributed by atoms with Crippen molar-refractivity contribution in [1.29, 1.82) is 0 Å². The number of anilines is 1. The average Bonchev–Trinajstić information content (AvgIpc) is 2.43. The zero-order valence-corrected chi connectivity index (χ0v) is 13.6. The Morgan fingerprint density at radius 3 is 2.65 bits per heavy atom. The fourth-order valence-electron chi connectivity index (χ4n) is 2.16. The third-order valence-electron chi connectivity index (χ3n) is 3.20. The van der Waals surface area contributed by atoms with E-state index in [0.717, 1.165) is 12.8 Å². The normalized spacial score (nSPS) is 10.8. The van der Waals surface area contributed by atoms with Gasteiger partial charge in [-0.2, -0.15) is 0 Å². The molecule has 1 rings (SSSR count). The van der Waals surface area contributed by atoms with Crippen LogP contribution in [0, 0.1) is 10.1 Å². The first-order chi connectivity index (χ1) is 9.54. The van der Waals surface area contributed by atoms with E-state index in [2.05, 4.69) is 34.8 Å². The van der Waals surface area contributed by atoms with Crippen molar-refractivity contribution in [2.24, 2.45) is 0 Å². The van der Waals surface area contributed by atoms with Gasteiger partial charge in [0.2, 0.25) is 5.82 Å². The number of aromatic nitrogens is 1. The summed E-state index contributed by atoms with van der Waals surface area (Å²) in [4.78, 5) is 17.1. The highest BCUT2D eigenvalue weighted by atomic mass is 79.9. The van der Waals surface area contributed by atoms with Gasteiger partial charge in [-0.15, -0.1) is 0 Å². The van der Waals surface area contributed by atoms with Gasteiger partial charge >= 0.3 is 5.69 Å². The van der Waals surface area contributed by atoms with E-state index in [-0.39, 0.29) is 11.7 Å². The Hall–Kier alpha value is -1.21. The maximum Gasteiger partial charge on any atom is 0.312 e. The zero-order chi connectivity index (χ0) is 15.1. The van der Waals surface area contributed by atoms with Gasteiger partial charge in [-0.1, -0.05) is 13.8 Å². The van der Waals surface area contributed by atoms with Crippen LogP contribution in [0.2, 0.25) is 0 Å². The lowest BCUT2D eigenvalue weighted by molar-refractivity contribution is -0.384. The van der Waals surface area contributed by atoms with Crippen molar-refractivity contribution in [1.82, 2.24) is 4.98 Å². The highest BCUT2D eigenvalue weighted by Gasteiger charge is 2.25. The molecule has 0 spiro atoms. The molecule has 1 aromatic rings. The van der Waals surface area contributed by atoms with Crippen molar-refractivity contribution in [2.75, 3.05) is 25.2 Å². The van der Waals surface area contributed by atoms with Gasteiger partial charge < -0.3 is 9.64 Å². The lowest BCUT2D eigenvalue weighted by Gasteiger charge is -2.31. The van der Waals surface area contributed by atoms with Crippen LogP contribution in [0.1, 0.15) is 26.7 Å². The van der Waals surface area contributed by atoms with Crippen LogP contribution in [-0.2, 0) is 4.74 Å². The molecule has 7 heteroatoms. The lowest BCUT2D eigenvalue weighted by atomic mass is 10.1. The molecule has 0 saturated carbocycles. The summed E-state index contributed by atoms with van der Waals surface area (Å²) in [5.74, 6) is 0.406. The second kappa shape index (κ2) is 8.16. The molecule has 0 aromatic carbocycles. The van der Waals surface area contributed by atoms with Gasteiger partial charge in [-0.25, -0.2) is 4.98 Å². The molecule has 0 bridgehead atoms.